The Morgan fingerprint density at radius 3 is 2.43 bits per heavy atom. The molecule has 0 radical (unpaired) electrons. The SMILES string of the molecule is CC(=O)N1CCC(C(=O)SCF)CC1. The molecule has 0 N–H and O–H groups in total. The topological polar surface area (TPSA) is 37.4 Å². The first kappa shape index (κ1) is 11.5. The van der Waals surface area contributed by atoms with Crippen LogP contribution in [0.25, 0.3) is 0 Å². The van der Waals surface area contributed by atoms with E-state index >= 15 is 0 Å². The maximum Gasteiger partial charge on any atom is 0.219 e. The fraction of sp³-hybridized carbons (Fsp3) is 0.778. The van der Waals surface area contributed by atoms with Gasteiger partial charge in [0.05, 0.1) is 0 Å². The first-order valence-electron chi connectivity index (χ1n) is 4.63. The highest BCUT2D eigenvalue weighted by Gasteiger charge is 2.25. The Morgan fingerprint density at radius 2 is 2.00 bits per heavy atom. The van der Waals surface area contributed by atoms with E-state index in [0.29, 0.717) is 25.9 Å². The number of halogens is 1. The molecule has 0 aromatic carbocycles. The van der Waals surface area contributed by atoms with Crippen LogP contribution in [0.1, 0.15) is 19.8 Å². The summed E-state index contributed by atoms with van der Waals surface area (Å²) in [6.45, 7) is 2.77. The third-order valence-corrected chi connectivity index (χ3v) is 3.20. The van der Waals surface area contributed by atoms with Gasteiger partial charge in [0, 0.05) is 25.9 Å². The summed E-state index contributed by atoms with van der Waals surface area (Å²) in [6.07, 6.45) is 1.34. The highest BCUT2D eigenvalue weighted by Crippen LogP contribution is 2.23. The second-order valence-electron chi connectivity index (χ2n) is 3.35. The molecule has 5 heteroatoms. The monoisotopic (exact) mass is 219 g/mol. The lowest BCUT2D eigenvalue weighted by atomic mass is 9.98. The Bertz CT molecular complexity index is 227. The van der Waals surface area contributed by atoms with Gasteiger partial charge in [-0.2, -0.15) is 0 Å². The molecule has 1 saturated heterocycles. The number of hydrogen-bond acceptors (Lipinski definition) is 3. The number of hydrogen-bond donors (Lipinski definition) is 0. The lowest BCUT2D eigenvalue weighted by Crippen LogP contribution is -2.38. The van der Waals surface area contributed by atoms with E-state index in [1.807, 2.05) is 0 Å². The molecule has 1 amide bonds. The summed E-state index contributed by atoms with van der Waals surface area (Å²) in [7, 11) is 0. The highest BCUT2D eigenvalue weighted by atomic mass is 32.2. The molecule has 0 spiro atoms. The van der Waals surface area contributed by atoms with Gasteiger partial charge in [0.25, 0.3) is 0 Å². The van der Waals surface area contributed by atoms with Crippen LogP contribution < -0.4 is 0 Å². The van der Waals surface area contributed by atoms with Gasteiger partial charge in [0.2, 0.25) is 5.91 Å². The number of carbonyl (C=O) groups is 2. The minimum absolute atomic E-state index is 0.0500. The summed E-state index contributed by atoms with van der Waals surface area (Å²) in [5.74, 6) is -0.0135. The Labute approximate surface area is 87.0 Å². The van der Waals surface area contributed by atoms with E-state index in [1.165, 1.54) is 6.92 Å². The molecule has 14 heavy (non-hydrogen) atoms. The van der Waals surface area contributed by atoms with Crippen LogP contribution >= 0.6 is 11.8 Å². The number of nitrogens with zero attached hydrogens (tertiary/aromatic N) is 1. The summed E-state index contributed by atoms with van der Waals surface area (Å²) < 4.78 is 11.9. The van der Waals surface area contributed by atoms with Gasteiger partial charge >= 0.3 is 0 Å². The summed E-state index contributed by atoms with van der Waals surface area (Å²) in [6, 6.07) is -0.647. The zero-order valence-electron chi connectivity index (χ0n) is 8.16. The molecule has 0 unspecified atom stereocenters. The molecule has 0 saturated carbocycles. The van der Waals surface area contributed by atoms with Crippen molar-refractivity contribution in [2.75, 3.05) is 19.1 Å². The molecule has 80 valence electrons. The molecule has 0 aliphatic carbocycles. The molecule has 1 aliphatic heterocycles. The number of likely N-dealkylation sites (tertiary alicyclic amines) is 1. The zero-order chi connectivity index (χ0) is 10.6. The van der Waals surface area contributed by atoms with Gasteiger partial charge in [-0.15, -0.1) is 0 Å². The molecule has 1 heterocycles. The average Bonchev–Trinajstić information content (AvgIpc) is 2.18. The molecule has 0 bridgehead atoms. The number of thioether (sulfide) groups is 1. The molecular formula is C9H14FNO2S. The Kier molecular flexibility index (Phi) is 4.38. The van der Waals surface area contributed by atoms with E-state index in [-0.39, 0.29) is 16.9 Å². The van der Waals surface area contributed by atoms with Gasteiger partial charge in [0.15, 0.2) is 5.12 Å². The summed E-state index contributed by atoms with van der Waals surface area (Å²) in [5.41, 5.74) is 0. The van der Waals surface area contributed by atoms with Gasteiger partial charge in [0.1, 0.15) is 6.01 Å². The Hall–Kier alpha value is -0.580. The predicted molar refractivity (Wildman–Crippen MR) is 53.6 cm³/mol. The van der Waals surface area contributed by atoms with Crippen LogP contribution in [0.2, 0.25) is 0 Å². The van der Waals surface area contributed by atoms with Gasteiger partial charge in [-0.05, 0) is 12.8 Å². The first-order valence-corrected chi connectivity index (χ1v) is 5.62. The van der Waals surface area contributed by atoms with E-state index in [4.69, 9.17) is 0 Å². The molecule has 1 fully saturated rings. The van der Waals surface area contributed by atoms with E-state index in [9.17, 15) is 14.0 Å². The maximum atomic E-state index is 11.9. The lowest BCUT2D eigenvalue weighted by Gasteiger charge is -2.30. The van der Waals surface area contributed by atoms with Crippen molar-refractivity contribution in [3.8, 4) is 0 Å². The summed E-state index contributed by atoms with van der Waals surface area (Å²) in [5, 5.41) is -0.0734. The standard InChI is InChI=1S/C9H14FNO2S/c1-7(12)11-4-2-8(3-5-11)9(13)14-6-10/h8H,2-6H2,1H3. The summed E-state index contributed by atoms with van der Waals surface area (Å²) >= 11 is 0.738. The third kappa shape index (κ3) is 2.97. The normalized spacial score (nSPS) is 18.3. The van der Waals surface area contributed by atoms with E-state index in [2.05, 4.69) is 0 Å². The van der Waals surface area contributed by atoms with E-state index < -0.39 is 6.01 Å². The second kappa shape index (κ2) is 5.34. The average molecular weight is 219 g/mol. The highest BCUT2D eigenvalue weighted by molar-refractivity contribution is 8.13. The molecule has 1 rings (SSSR count). The van der Waals surface area contributed by atoms with Gasteiger partial charge in [-0.25, -0.2) is 4.39 Å². The minimum Gasteiger partial charge on any atom is -0.343 e. The maximum absolute atomic E-state index is 11.9. The van der Waals surface area contributed by atoms with Crippen LogP contribution in [0.5, 0.6) is 0 Å². The molecular weight excluding hydrogens is 205 g/mol. The quantitative estimate of drug-likeness (QED) is 0.705. The largest absolute Gasteiger partial charge is 0.343 e. The number of rotatable bonds is 2. The number of carbonyl (C=O) groups excluding carboxylic acids is 2. The van der Waals surface area contributed by atoms with Crippen molar-refractivity contribution < 1.29 is 14.0 Å². The van der Waals surface area contributed by atoms with Crippen molar-refractivity contribution >= 4 is 22.8 Å². The molecule has 3 nitrogen and oxygen atoms in total. The molecule has 1 aliphatic rings. The second-order valence-corrected chi connectivity index (χ2v) is 4.26. The molecule has 0 aromatic heterocycles. The van der Waals surface area contributed by atoms with Gasteiger partial charge < -0.3 is 4.90 Å². The van der Waals surface area contributed by atoms with Crippen molar-refractivity contribution in [1.29, 1.82) is 0 Å². The molecule has 0 atom stereocenters. The van der Waals surface area contributed by atoms with Gasteiger partial charge in [-0.3, -0.25) is 9.59 Å². The van der Waals surface area contributed by atoms with Crippen molar-refractivity contribution in [3.05, 3.63) is 0 Å². The van der Waals surface area contributed by atoms with Crippen molar-refractivity contribution in [2.45, 2.75) is 19.8 Å². The smallest absolute Gasteiger partial charge is 0.219 e. The van der Waals surface area contributed by atoms with Crippen LogP contribution in [-0.4, -0.2) is 35.0 Å². The van der Waals surface area contributed by atoms with E-state index in [0.717, 1.165) is 11.8 Å². The van der Waals surface area contributed by atoms with Crippen molar-refractivity contribution in [1.82, 2.24) is 4.90 Å². The first-order chi connectivity index (χ1) is 6.65. The van der Waals surface area contributed by atoms with Crippen molar-refractivity contribution in [3.63, 3.8) is 0 Å². The molecule has 0 aromatic rings. The summed E-state index contributed by atoms with van der Waals surface area (Å²) in [4.78, 5) is 24.0. The zero-order valence-corrected chi connectivity index (χ0v) is 8.98. The van der Waals surface area contributed by atoms with Crippen LogP contribution in [-0.2, 0) is 9.59 Å². The van der Waals surface area contributed by atoms with Crippen molar-refractivity contribution in [2.24, 2.45) is 5.92 Å². The van der Waals surface area contributed by atoms with Crippen LogP contribution in [0, 0.1) is 5.92 Å². The minimum atomic E-state index is -0.647. The Morgan fingerprint density at radius 1 is 1.43 bits per heavy atom. The van der Waals surface area contributed by atoms with E-state index in [1.54, 1.807) is 4.90 Å². The van der Waals surface area contributed by atoms with Crippen LogP contribution in [0.4, 0.5) is 4.39 Å². The number of alkyl halides is 1. The fourth-order valence-electron chi connectivity index (χ4n) is 1.60. The van der Waals surface area contributed by atoms with Crippen LogP contribution in [0.3, 0.4) is 0 Å². The lowest BCUT2D eigenvalue weighted by molar-refractivity contribution is -0.131. The fourth-order valence-corrected chi connectivity index (χ4v) is 2.18. The number of amides is 1. The Balaban J connectivity index is 2.35. The third-order valence-electron chi connectivity index (χ3n) is 2.47. The van der Waals surface area contributed by atoms with Gasteiger partial charge in [-0.1, -0.05) is 11.8 Å². The van der Waals surface area contributed by atoms with Crippen LogP contribution in [0.15, 0.2) is 0 Å². The number of piperidine rings is 1. The predicted octanol–water partition coefficient (Wildman–Crippen LogP) is 1.43.